The Bertz CT molecular complexity index is 273. The predicted molar refractivity (Wildman–Crippen MR) is 61.4 cm³/mol. The molecule has 0 fully saturated rings. The minimum absolute atomic E-state index is 0.559. The van der Waals surface area contributed by atoms with Gasteiger partial charge in [-0.1, -0.05) is 19.1 Å². The Balaban J connectivity index is 2.64. The number of ether oxygens (including phenoxy) is 1. The molecule has 1 aromatic carbocycles. The maximum absolute atomic E-state index is 5.67. The van der Waals surface area contributed by atoms with Crippen LogP contribution in [0, 0.1) is 0 Å². The van der Waals surface area contributed by atoms with E-state index in [1.54, 1.807) is 7.11 Å². The fourth-order valence-corrected chi connectivity index (χ4v) is 1.65. The molecule has 1 atom stereocenters. The highest BCUT2D eigenvalue weighted by molar-refractivity contribution is 6.17. The standard InChI is InChI=1S/C12H17ClO/c1-10(5-4-8-13)11-6-3-7-12(9-11)14-2/h3,6-7,9-10H,4-5,8H2,1-2H3. The normalized spacial score (nSPS) is 12.5. The molecule has 2 heteroatoms. The molecule has 0 heterocycles. The van der Waals surface area contributed by atoms with Crippen molar-refractivity contribution in [3.05, 3.63) is 29.8 Å². The first kappa shape index (κ1) is 11.4. The van der Waals surface area contributed by atoms with Crippen molar-refractivity contribution < 1.29 is 4.74 Å². The minimum atomic E-state index is 0.559. The molecule has 0 amide bonds. The molecular formula is C12H17ClO. The Kier molecular flexibility index (Phi) is 4.81. The number of rotatable bonds is 5. The topological polar surface area (TPSA) is 9.23 Å². The van der Waals surface area contributed by atoms with Crippen LogP contribution < -0.4 is 4.74 Å². The van der Waals surface area contributed by atoms with Gasteiger partial charge in [0.1, 0.15) is 5.75 Å². The first-order valence-electron chi connectivity index (χ1n) is 4.98. The van der Waals surface area contributed by atoms with Crippen LogP contribution in [0.2, 0.25) is 0 Å². The van der Waals surface area contributed by atoms with Crippen molar-refractivity contribution >= 4 is 11.6 Å². The van der Waals surface area contributed by atoms with E-state index in [0.29, 0.717) is 5.92 Å². The van der Waals surface area contributed by atoms with Gasteiger partial charge < -0.3 is 4.74 Å². The van der Waals surface area contributed by atoms with E-state index in [1.165, 1.54) is 5.56 Å². The minimum Gasteiger partial charge on any atom is -0.497 e. The number of alkyl halides is 1. The molecule has 0 aliphatic rings. The van der Waals surface area contributed by atoms with Crippen LogP contribution in [0.15, 0.2) is 24.3 Å². The monoisotopic (exact) mass is 212 g/mol. The summed E-state index contributed by atoms with van der Waals surface area (Å²) in [6, 6.07) is 8.24. The van der Waals surface area contributed by atoms with Gasteiger partial charge >= 0.3 is 0 Å². The van der Waals surface area contributed by atoms with Crippen LogP contribution >= 0.6 is 11.6 Å². The third-order valence-corrected chi connectivity index (χ3v) is 2.70. The Morgan fingerprint density at radius 3 is 2.86 bits per heavy atom. The van der Waals surface area contributed by atoms with E-state index in [1.807, 2.05) is 12.1 Å². The molecule has 1 nitrogen and oxygen atoms in total. The SMILES string of the molecule is COc1cccc(C(C)CCCCl)c1. The Morgan fingerprint density at radius 2 is 2.21 bits per heavy atom. The predicted octanol–water partition coefficient (Wildman–Crippen LogP) is 3.82. The van der Waals surface area contributed by atoms with Crippen LogP contribution in [-0.2, 0) is 0 Å². The smallest absolute Gasteiger partial charge is 0.119 e. The summed E-state index contributed by atoms with van der Waals surface area (Å²) in [5.41, 5.74) is 1.33. The molecule has 78 valence electrons. The Morgan fingerprint density at radius 1 is 1.43 bits per heavy atom. The van der Waals surface area contributed by atoms with Crippen LogP contribution in [0.4, 0.5) is 0 Å². The van der Waals surface area contributed by atoms with Crippen LogP contribution in [0.1, 0.15) is 31.2 Å². The number of benzene rings is 1. The summed E-state index contributed by atoms with van der Waals surface area (Å²) in [6.07, 6.45) is 2.20. The van der Waals surface area contributed by atoms with Crippen molar-refractivity contribution in [1.29, 1.82) is 0 Å². The van der Waals surface area contributed by atoms with Crippen molar-refractivity contribution in [2.45, 2.75) is 25.7 Å². The maximum atomic E-state index is 5.67. The molecule has 0 N–H and O–H groups in total. The van der Waals surface area contributed by atoms with Gasteiger partial charge in [-0.15, -0.1) is 11.6 Å². The number of hydrogen-bond acceptors (Lipinski definition) is 1. The highest BCUT2D eigenvalue weighted by atomic mass is 35.5. The van der Waals surface area contributed by atoms with E-state index >= 15 is 0 Å². The third-order valence-electron chi connectivity index (χ3n) is 2.43. The summed E-state index contributed by atoms with van der Waals surface area (Å²) in [6.45, 7) is 2.22. The van der Waals surface area contributed by atoms with E-state index in [2.05, 4.69) is 19.1 Å². The van der Waals surface area contributed by atoms with Crippen LogP contribution in [0.25, 0.3) is 0 Å². The first-order valence-corrected chi connectivity index (χ1v) is 5.51. The second kappa shape index (κ2) is 5.92. The average molecular weight is 213 g/mol. The van der Waals surface area contributed by atoms with Crippen molar-refractivity contribution in [2.24, 2.45) is 0 Å². The quantitative estimate of drug-likeness (QED) is 0.675. The van der Waals surface area contributed by atoms with Crippen molar-refractivity contribution in [3.63, 3.8) is 0 Å². The Labute approximate surface area is 91.0 Å². The van der Waals surface area contributed by atoms with Gasteiger partial charge in [0.25, 0.3) is 0 Å². The van der Waals surface area contributed by atoms with Gasteiger partial charge in [-0.2, -0.15) is 0 Å². The summed E-state index contributed by atoms with van der Waals surface area (Å²) in [5.74, 6) is 2.23. The van der Waals surface area contributed by atoms with E-state index in [0.717, 1.165) is 24.5 Å². The highest BCUT2D eigenvalue weighted by Gasteiger charge is 2.05. The molecule has 0 spiro atoms. The average Bonchev–Trinajstić information content (AvgIpc) is 2.26. The van der Waals surface area contributed by atoms with Gasteiger partial charge in [0.05, 0.1) is 7.11 Å². The molecule has 0 bridgehead atoms. The van der Waals surface area contributed by atoms with Crippen molar-refractivity contribution in [1.82, 2.24) is 0 Å². The molecule has 0 aliphatic carbocycles. The summed E-state index contributed by atoms with van der Waals surface area (Å²) >= 11 is 5.67. The maximum Gasteiger partial charge on any atom is 0.119 e. The van der Waals surface area contributed by atoms with Crippen molar-refractivity contribution in [3.8, 4) is 5.75 Å². The fraction of sp³-hybridized carbons (Fsp3) is 0.500. The van der Waals surface area contributed by atoms with Gasteiger partial charge in [-0.25, -0.2) is 0 Å². The fourth-order valence-electron chi connectivity index (χ4n) is 1.50. The van der Waals surface area contributed by atoms with E-state index in [9.17, 15) is 0 Å². The third kappa shape index (κ3) is 3.22. The molecule has 0 aliphatic heterocycles. The van der Waals surface area contributed by atoms with E-state index in [4.69, 9.17) is 16.3 Å². The lowest BCUT2D eigenvalue weighted by Crippen LogP contribution is -1.94. The molecule has 0 aromatic heterocycles. The van der Waals surface area contributed by atoms with Gasteiger partial charge in [0.15, 0.2) is 0 Å². The zero-order valence-electron chi connectivity index (χ0n) is 8.79. The first-order chi connectivity index (χ1) is 6.77. The summed E-state index contributed by atoms with van der Waals surface area (Å²) in [5, 5.41) is 0. The van der Waals surface area contributed by atoms with Gasteiger partial charge in [0, 0.05) is 5.88 Å². The number of halogens is 1. The van der Waals surface area contributed by atoms with Gasteiger partial charge in [-0.05, 0) is 36.5 Å². The summed E-state index contributed by atoms with van der Waals surface area (Å²) in [4.78, 5) is 0. The van der Waals surface area contributed by atoms with Gasteiger partial charge in [0.2, 0.25) is 0 Å². The molecule has 1 unspecified atom stereocenters. The van der Waals surface area contributed by atoms with Crippen LogP contribution in [0.3, 0.4) is 0 Å². The lowest BCUT2D eigenvalue weighted by molar-refractivity contribution is 0.413. The highest BCUT2D eigenvalue weighted by Crippen LogP contribution is 2.24. The zero-order valence-corrected chi connectivity index (χ0v) is 9.55. The largest absolute Gasteiger partial charge is 0.497 e. The summed E-state index contributed by atoms with van der Waals surface area (Å²) < 4.78 is 5.18. The lowest BCUT2D eigenvalue weighted by Gasteiger charge is -2.11. The van der Waals surface area contributed by atoms with Crippen LogP contribution in [-0.4, -0.2) is 13.0 Å². The second-order valence-electron chi connectivity index (χ2n) is 3.51. The van der Waals surface area contributed by atoms with E-state index in [-0.39, 0.29) is 0 Å². The van der Waals surface area contributed by atoms with Crippen LogP contribution in [0.5, 0.6) is 5.75 Å². The molecule has 0 saturated carbocycles. The molecule has 1 rings (SSSR count). The number of methoxy groups -OCH3 is 1. The molecule has 0 saturated heterocycles. The second-order valence-corrected chi connectivity index (χ2v) is 3.89. The molecule has 0 radical (unpaired) electrons. The number of hydrogen-bond donors (Lipinski definition) is 0. The lowest BCUT2D eigenvalue weighted by atomic mass is 9.96. The van der Waals surface area contributed by atoms with Gasteiger partial charge in [-0.3, -0.25) is 0 Å². The molecular weight excluding hydrogens is 196 g/mol. The zero-order chi connectivity index (χ0) is 10.4. The Hall–Kier alpha value is -0.690. The van der Waals surface area contributed by atoms with E-state index < -0.39 is 0 Å². The summed E-state index contributed by atoms with van der Waals surface area (Å²) in [7, 11) is 1.70. The van der Waals surface area contributed by atoms with Crippen molar-refractivity contribution in [2.75, 3.05) is 13.0 Å². The molecule has 1 aromatic rings. The molecule has 14 heavy (non-hydrogen) atoms.